The zero-order valence-corrected chi connectivity index (χ0v) is 12.4. The highest BCUT2D eigenvalue weighted by molar-refractivity contribution is 5.94. The lowest BCUT2D eigenvalue weighted by atomic mass is 10.1. The number of hydrogen-bond donors (Lipinski definition) is 2. The fourth-order valence-corrected chi connectivity index (χ4v) is 1.51. The number of ketones is 1. The van der Waals surface area contributed by atoms with Gasteiger partial charge in [-0.3, -0.25) is 9.59 Å². The van der Waals surface area contributed by atoms with Gasteiger partial charge in [0.1, 0.15) is 5.75 Å². The molecule has 0 aliphatic rings. The molecule has 20 heavy (non-hydrogen) atoms. The van der Waals surface area contributed by atoms with Gasteiger partial charge in [-0.1, -0.05) is 0 Å². The molecular formula is C14H21ClN2O3. The number of benzene rings is 1. The summed E-state index contributed by atoms with van der Waals surface area (Å²) in [6.45, 7) is 2.95. The third-order valence-electron chi connectivity index (χ3n) is 2.54. The molecule has 0 radical (unpaired) electrons. The summed E-state index contributed by atoms with van der Waals surface area (Å²) in [5.74, 6) is 0.719. The largest absolute Gasteiger partial charge is 0.494 e. The van der Waals surface area contributed by atoms with Gasteiger partial charge in [-0.2, -0.15) is 0 Å². The molecule has 0 aliphatic heterocycles. The Morgan fingerprint density at radius 1 is 1.25 bits per heavy atom. The van der Waals surface area contributed by atoms with Crippen molar-refractivity contribution in [1.29, 1.82) is 0 Å². The smallest absolute Gasteiger partial charge is 0.220 e. The molecule has 0 aliphatic carbocycles. The van der Waals surface area contributed by atoms with Gasteiger partial charge in [0.2, 0.25) is 5.91 Å². The molecule has 1 rings (SSSR count). The number of rotatable bonds is 8. The van der Waals surface area contributed by atoms with E-state index in [0.29, 0.717) is 43.9 Å². The van der Waals surface area contributed by atoms with E-state index in [2.05, 4.69) is 5.32 Å². The van der Waals surface area contributed by atoms with Gasteiger partial charge in [-0.25, -0.2) is 0 Å². The topological polar surface area (TPSA) is 81.4 Å². The number of Topliss-reactive ketones (excluding diaryl/α,β-unsaturated/α-hetero) is 1. The van der Waals surface area contributed by atoms with Gasteiger partial charge in [-0.05, 0) is 37.6 Å². The first-order valence-corrected chi connectivity index (χ1v) is 6.34. The van der Waals surface area contributed by atoms with Crippen molar-refractivity contribution in [3.05, 3.63) is 29.8 Å². The van der Waals surface area contributed by atoms with Gasteiger partial charge < -0.3 is 15.8 Å². The lowest BCUT2D eigenvalue weighted by molar-refractivity contribution is -0.121. The van der Waals surface area contributed by atoms with E-state index < -0.39 is 0 Å². The Hall–Kier alpha value is -1.59. The van der Waals surface area contributed by atoms with Crippen LogP contribution in [0.25, 0.3) is 0 Å². The van der Waals surface area contributed by atoms with Crippen LogP contribution in [0.15, 0.2) is 24.3 Å². The molecule has 0 saturated carbocycles. The zero-order valence-electron chi connectivity index (χ0n) is 11.6. The maximum absolute atomic E-state index is 11.3. The van der Waals surface area contributed by atoms with E-state index >= 15 is 0 Å². The molecule has 0 spiro atoms. The third kappa shape index (κ3) is 7.11. The van der Waals surface area contributed by atoms with Crippen LogP contribution in [0.1, 0.15) is 30.1 Å². The highest BCUT2D eigenvalue weighted by Crippen LogP contribution is 2.12. The molecule has 112 valence electrons. The predicted octanol–water partition coefficient (Wildman–Crippen LogP) is 1.54. The summed E-state index contributed by atoms with van der Waals surface area (Å²) in [5, 5.41) is 2.69. The van der Waals surface area contributed by atoms with E-state index in [-0.39, 0.29) is 24.1 Å². The van der Waals surface area contributed by atoms with E-state index in [1.807, 2.05) is 0 Å². The van der Waals surface area contributed by atoms with Gasteiger partial charge in [0.25, 0.3) is 0 Å². The van der Waals surface area contributed by atoms with Crippen molar-refractivity contribution in [2.75, 3.05) is 19.7 Å². The number of carbonyl (C=O) groups is 2. The van der Waals surface area contributed by atoms with E-state index in [4.69, 9.17) is 10.5 Å². The zero-order chi connectivity index (χ0) is 14.1. The van der Waals surface area contributed by atoms with Gasteiger partial charge >= 0.3 is 0 Å². The molecule has 3 N–H and O–H groups in total. The first kappa shape index (κ1) is 18.4. The summed E-state index contributed by atoms with van der Waals surface area (Å²) in [6.07, 6.45) is 1.07. The van der Waals surface area contributed by atoms with E-state index in [0.717, 1.165) is 0 Å². The summed E-state index contributed by atoms with van der Waals surface area (Å²) in [6, 6.07) is 6.97. The number of amides is 1. The van der Waals surface area contributed by atoms with Crippen LogP contribution in [-0.2, 0) is 4.79 Å². The Balaban J connectivity index is 0.00000361. The van der Waals surface area contributed by atoms with Crippen molar-refractivity contribution in [2.24, 2.45) is 5.73 Å². The first-order chi connectivity index (χ1) is 9.13. The van der Waals surface area contributed by atoms with E-state index in [9.17, 15) is 9.59 Å². The van der Waals surface area contributed by atoms with Gasteiger partial charge in [0.15, 0.2) is 5.78 Å². The number of nitrogens with two attached hydrogens (primary N) is 1. The Bertz CT molecular complexity index is 421. The Kier molecular flexibility index (Phi) is 9.41. The maximum Gasteiger partial charge on any atom is 0.220 e. The summed E-state index contributed by atoms with van der Waals surface area (Å²) in [5.41, 5.74) is 5.94. The van der Waals surface area contributed by atoms with Crippen LogP contribution >= 0.6 is 12.4 Å². The Morgan fingerprint density at radius 3 is 2.45 bits per heavy atom. The molecule has 0 atom stereocenters. The minimum atomic E-state index is -0.0130. The second-order valence-corrected chi connectivity index (χ2v) is 4.17. The number of carbonyl (C=O) groups excluding carboxylic acids is 2. The quantitative estimate of drug-likeness (QED) is 0.564. The molecule has 0 bridgehead atoms. The van der Waals surface area contributed by atoms with E-state index in [1.54, 1.807) is 24.3 Å². The molecule has 6 heteroatoms. The fraction of sp³-hybridized carbons (Fsp3) is 0.429. The van der Waals surface area contributed by atoms with Crippen LogP contribution in [0.4, 0.5) is 0 Å². The summed E-state index contributed by atoms with van der Waals surface area (Å²) >= 11 is 0. The normalized spacial score (nSPS) is 9.50. The van der Waals surface area contributed by atoms with Crippen LogP contribution in [0.5, 0.6) is 5.75 Å². The Labute approximate surface area is 125 Å². The lowest BCUT2D eigenvalue weighted by Crippen LogP contribution is -2.29. The fourth-order valence-electron chi connectivity index (χ4n) is 1.51. The van der Waals surface area contributed by atoms with Gasteiger partial charge in [0, 0.05) is 25.1 Å². The monoisotopic (exact) mass is 300 g/mol. The molecule has 1 amide bonds. The van der Waals surface area contributed by atoms with Crippen molar-refractivity contribution in [1.82, 2.24) is 5.32 Å². The van der Waals surface area contributed by atoms with Crippen molar-refractivity contribution < 1.29 is 14.3 Å². The number of ether oxygens (including phenoxy) is 1. The standard InChI is InChI=1S/C14H20N2O3.ClH/c1-11(17)12-4-6-13(7-5-12)19-10-2-3-14(18)16-9-8-15;/h4-7H,2-3,8-10,15H2,1H3,(H,16,18);1H. The molecule has 0 saturated heterocycles. The number of nitrogens with one attached hydrogen (secondary N) is 1. The minimum absolute atomic E-state index is 0. The number of halogens is 1. The minimum Gasteiger partial charge on any atom is -0.494 e. The van der Waals surface area contributed by atoms with Crippen molar-refractivity contribution in [2.45, 2.75) is 19.8 Å². The van der Waals surface area contributed by atoms with Crippen molar-refractivity contribution in [3.8, 4) is 5.75 Å². The maximum atomic E-state index is 11.3. The van der Waals surface area contributed by atoms with Crippen LogP contribution in [0, 0.1) is 0 Å². The van der Waals surface area contributed by atoms with Crippen LogP contribution < -0.4 is 15.8 Å². The SMILES string of the molecule is CC(=O)c1ccc(OCCCC(=O)NCCN)cc1.Cl. The van der Waals surface area contributed by atoms with Crippen molar-refractivity contribution in [3.63, 3.8) is 0 Å². The molecule has 0 heterocycles. The first-order valence-electron chi connectivity index (χ1n) is 6.34. The molecule has 1 aromatic carbocycles. The van der Waals surface area contributed by atoms with Gasteiger partial charge in [-0.15, -0.1) is 12.4 Å². The molecule has 0 aromatic heterocycles. The second-order valence-electron chi connectivity index (χ2n) is 4.17. The van der Waals surface area contributed by atoms with Crippen LogP contribution in [0.3, 0.4) is 0 Å². The van der Waals surface area contributed by atoms with Gasteiger partial charge in [0.05, 0.1) is 6.61 Å². The van der Waals surface area contributed by atoms with Crippen molar-refractivity contribution >= 4 is 24.1 Å². The second kappa shape index (κ2) is 10.2. The number of hydrogen-bond acceptors (Lipinski definition) is 4. The average Bonchev–Trinajstić information content (AvgIpc) is 2.41. The molecule has 0 fully saturated rings. The average molecular weight is 301 g/mol. The Morgan fingerprint density at radius 2 is 1.90 bits per heavy atom. The van der Waals surface area contributed by atoms with E-state index in [1.165, 1.54) is 6.92 Å². The highest BCUT2D eigenvalue weighted by atomic mass is 35.5. The summed E-state index contributed by atoms with van der Waals surface area (Å²) in [7, 11) is 0. The molecule has 5 nitrogen and oxygen atoms in total. The molecule has 1 aromatic rings. The highest BCUT2D eigenvalue weighted by Gasteiger charge is 2.01. The van der Waals surface area contributed by atoms with Crippen LogP contribution in [-0.4, -0.2) is 31.4 Å². The summed E-state index contributed by atoms with van der Waals surface area (Å²) in [4.78, 5) is 22.4. The summed E-state index contributed by atoms with van der Waals surface area (Å²) < 4.78 is 5.48. The third-order valence-corrected chi connectivity index (χ3v) is 2.54. The predicted molar refractivity (Wildman–Crippen MR) is 80.5 cm³/mol. The van der Waals surface area contributed by atoms with Crippen LogP contribution in [0.2, 0.25) is 0 Å². The molecule has 0 unspecified atom stereocenters. The lowest BCUT2D eigenvalue weighted by Gasteiger charge is -2.07. The molecular weight excluding hydrogens is 280 g/mol.